The summed E-state index contributed by atoms with van der Waals surface area (Å²) in [6.07, 6.45) is 3.66. The lowest BCUT2D eigenvalue weighted by Crippen LogP contribution is -2.42. The van der Waals surface area contributed by atoms with Crippen LogP contribution in [0.3, 0.4) is 0 Å². The summed E-state index contributed by atoms with van der Waals surface area (Å²) in [5.74, 6) is -1.05. The standard InChI is InChI=1S/C14H15N3O3/c1-2-11(13(18)19)16-14(20)17-12-5-3-4-9-8-15-7-6-10(9)12/h3-8,11H,2H2,1H3,(H,18,19)(H2,16,17,20)/t11-/m0/s1. The number of fused-ring (bicyclic) bond motifs is 1. The highest BCUT2D eigenvalue weighted by Gasteiger charge is 2.17. The summed E-state index contributed by atoms with van der Waals surface area (Å²) in [5.41, 5.74) is 0.614. The van der Waals surface area contributed by atoms with Crippen LogP contribution in [0.1, 0.15) is 13.3 Å². The van der Waals surface area contributed by atoms with E-state index < -0.39 is 18.0 Å². The molecule has 3 N–H and O–H groups in total. The molecule has 6 nitrogen and oxygen atoms in total. The van der Waals surface area contributed by atoms with Crippen molar-refractivity contribution in [3.8, 4) is 0 Å². The van der Waals surface area contributed by atoms with Gasteiger partial charge in [-0.25, -0.2) is 9.59 Å². The molecule has 0 radical (unpaired) electrons. The van der Waals surface area contributed by atoms with Crippen molar-refractivity contribution in [1.82, 2.24) is 10.3 Å². The molecule has 2 rings (SSSR count). The third-order valence-corrected chi connectivity index (χ3v) is 2.94. The molecule has 0 saturated carbocycles. The lowest BCUT2D eigenvalue weighted by Gasteiger charge is -2.14. The summed E-state index contributed by atoms with van der Waals surface area (Å²) >= 11 is 0. The fraction of sp³-hybridized carbons (Fsp3) is 0.214. The van der Waals surface area contributed by atoms with Gasteiger partial charge >= 0.3 is 12.0 Å². The van der Waals surface area contributed by atoms with Crippen molar-refractivity contribution in [2.75, 3.05) is 5.32 Å². The summed E-state index contributed by atoms with van der Waals surface area (Å²) in [6, 6.07) is 5.80. The summed E-state index contributed by atoms with van der Waals surface area (Å²) < 4.78 is 0. The van der Waals surface area contributed by atoms with E-state index in [-0.39, 0.29) is 0 Å². The molecule has 104 valence electrons. The van der Waals surface area contributed by atoms with Crippen molar-refractivity contribution in [2.45, 2.75) is 19.4 Å². The summed E-state index contributed by atoms with van der Waals surface area (Å²) in [6.45, 7) is 1.70. The second-order valence-electron chi connectivity index (χ2n) is 4.30. The number of amides is 2. The van der Waals surface area contributed by atoms with E-state index in [0.717, 1.165) is 10.8 Å². The molecule has 0 unspecified atom stereocenters. The molecule has 0 bridgehead atoms. The third kappa shape index (κ3) is 3.03. The van der Waals surface area contributed by atoms with Gasteiger partial charge in [-0.3, -0.25) is 4.98 Å². The summed E-state index contributed by atoms with van der Waals surface area (Å²) in [5, 5.41) is 15.7. The van der Waals surface area contributed by atoms with Gasteiger partial charge in [0.05, 0.1) is 5.69 Å². The van der Waals surface area contributed by atoms with Crippen molar-refractivity contribution in [3.63, 3.8) is 0 Å². The van der Waals surface area contributed by atoms with E-state index in [0.29, 0.717) is 12.1 Å². The van der Waals surface area contributed by atoms with Crippen molar-refractivity contribution in [2.24, 2.45) is 0 Å². The monoisotopic (exact) mass is 273 g/mol. The van der Waals surface area contributed by atoms with E-state index in [1.54, 1.807) is 37.5 Å². The average molecular weight is 273 g/mol. The SMILES string of the molecule is CC[C@H](NC(=O)Nc1cccc2cnccc12)C(=O)O. The van der Waals surface area contributed by atoms with Crippen molar-refractivity contribution >= 4 is 28.5 Å². The molecular weight excluding hydrogens is 258 g/mol. The lowest BCUT2D eigenvalue weighted by atomic mass is 10.1. The Balaban J connectivity index is 2.16. The number of urea groups is 1. The quantitative estimate of drug-likeness (QED) is 0.796. The number of hydrogen-bond acceptors (Lipinski definition) is 3. The van der Waals surface area contributed by atoms with Crippen LogP contribution in [0.25, 0.3) is 10.8 Å². The molecule has 0 aliphatic carbocycles. The van der Waals surface area contributed by atoms with Crippen LogP contribution in [-0.2, 0) is 4.79 Å². The first-order chi connectivity index (χ1) is 9.61. The van der Waals surface area contributed by atoms with E-state index in [1.807, 2.05) is 6.07 Å². The molecule has 0 fully saturated rings. The number of aliphatic carboxylic acids is 1. The van der Waals surface area contributed by atoms with Gasteiger partial charge in [0.15, 0.2) is 0 Å². The van der Waals surface area contributed by atoms with E-state index >= 15 is 0 Å². The van der Waals surface area contributed by atoms with Gasteiger partial charge in [-0.1, -0.05) is 19.1 Å². The molecule has 2 amide bonds. The highest BCUT2D eigenvalue weighted by atomic mass is 16.4. The van der Waals surface area contributed by atoms with Crippen LogP contribution in [0.4, 0.5) is 10.5 Å². The van der Waals surface area contributed by atoms with Gasteiger partial charge < -0.3 is 15.7 Å². The molecular formula is C14H15N3O3. The minimum absolute atomic E-state index is 0.322. The first kappa shape index (κ1) is 13.8. The van der Waals surface area contributed by atoms with E-state index in [2.05, 4.69) is 15.6 Å². The number of nitrogens with zero attached hydrogens (tertiary/aromatic N) is 1. The minimum atomic E-state index is -1.05. The predicted molar refractivity (Wildman–Crippen MR) is 75.6 cm³/mol. The van der Waals surface area contributed by atoms with Gasteiger partial charge in [0.1, 0.15) is 6.04 Å². The van der Waals surface area contributed by atoms with Gasteiger partial charge in [-0.05, 0) is 18.6 Å². The number of rotatable bonds is 4. The van der Waals surface area contributed by atoms with Crippen molar-refractivity contribution in [3.05, 3.63) is 36.7 Å². The second kappa shape index (κ2) is 6.01. The number of nitrogens with one attached hydrogen (secondary N) is 2. The smallest absolute Gasteiger partial charge is 0.326 e. The molecule has 0 aliphatic heterocycles. The highest BCUT2D eigenvalue weighted by molar-refractivity contribution is 6.01. The number of pyridine rings is 1. The number of carbonyl (C=O) groups excluding carboxylic acids is 1. The van der Waals surface area contributed by atoms with E-state index in [9.17, 15) is 9.59 Å². The average Bonchev–Trinajstić information content (AvgIpc) is 2.45. The van der Waals surface area contributed by atoms with Crippen LogP contribution in [0.15, 0.2) is 36.7 Å². The Hall–Kier alpha value is -2.63. The molecule has 1 heterocycles. The Morgan fingerprint density at radius 1 is 1.35 bits per heavy atom. The Bertz CT molecular complexity index is 637. The Morgan fingerprint density at radius 3 is 2.85 bits per heavy atom. The zero-order valence-electron chi connectivity index (χ0n) is 11.0. The number of carboxylic acids is 1. The van der Waals surface area contributed by atoms with Gasteiger partial charge in [-0.2, -0.15) is 0 Å². The highest BCUT2D eigenvalue weighted by Crippen LogP contribution is 2.21. The minimum Gasteiger partial charge on any atom is -0.480 e. The third-order valence-electron chi connectivity index (χ3n) is 2.94. The molecule has 1 atom stereocenters. The Kier molecular flexibility index (Phi) is 4.14. The van der Waals surface area contributed by atoms with E-state index in [4.69, 9.17) is 5.11 Å². The maximum Gasteiger partial charge on any atom is 0.326 e. The number of benzene rings is 1. The normalized spacial score (nSPS) is 11.8. The van der Waals surface area contributed by atoms with E-state index in [1.165, 1.54) is 0 Å². The molecule has 1 aromatic heterocycles. The molecule has 0 saturated heterocycles. The van der Waals surface area contributed by atoms with Crippen molar-refractivity contribution in [1.29, 1.82) is 0 Å². The number of carboxylic acid groups (broad SMARTS) is 1. The molecule has 2 aromatic rings. The number of aromatic nitrogens is 1. The zero-order chi connectivity index (χ0) is 14.5. The zero-order valence-corrected chi connectivity index (χ0v) is 11.0. The number of hydrogen-bond donors (Lipinski definition) is 3. The van der Waals surface area contributed by atoms with Crippen LogP contribution >= 0.6 is 0 Å². The van der Waals surface area contributed by atoms with Crippen LogP contribution in [0, 0.1) is 0 Å². The fourth-order valence-corrected chi connectivity index (χ4v) is 1.89. The van der Waals surface area contributed by atoms with Gasteiger partial charge in [0.25, 0.3) is 0 Å². The van der Waals surface area contributed by atoms with Gasteiger partial charge in [0, 0.05) is 23.2 Å². The molecule has 6 heteroatoms. The fourth-order valence-electron chi connectivity index (χ4n) is 1.89. The largest absolute Gasteiger partial charge is 0.480 e. The lowest BCUT2D eigenvalue weighted by molar-refractivity contribution is -0.139. The Morgan fingerprint density at radius 2 is 2.15 bits per heavy atom. The maximum absolute atomic E-state index is 11.8. The maximum atomic E-state index is 11.8. The molecule has 0 aliphatic rings. The number of anilines is 1. The first-order valence-electron chi connectivity index (χ1n) is 6.25. The van der Waals surface area contributed by atoms with Crippen LogP contribution < -0.4 is 10.6 Å². The predicted octanol–water partition coefficient (Wildman–Crippen LogP) is 2.22. The topological polar surface area (TPSA) is 91.3 Å². The molecule has 0 spiro atoms. The molecule has 20 heavy (non-hydrogen) atoms. The first-order valence-corrected chi connectivity index (χ1v) is 6.25. The van der Waals surface area contributed by atoms with Crippen molar-refractivity contribution < 1.29 is 14.7 Å². The Labute approximate surface area is 115 Å². The second-order valence-corrected chi connectivity index (χ2v) is 4.30. The van der Waals surface area contributed by atoms with Crippen LogP contribution in [-0.4, -0.2) is 28.1 Å². The van der Waals surface area contributed by atoms with Gasteiger partial charge in [-0.15, -0.1) is 0 Å². The summed E-state index contributed by atoms with van der Waals surface area (Å²) in [4.78, 5) is 26.7. The van der Waals surface area contributed by atoms with Crippen LogP contribution in [0.5, 0.6) is 0 Å². The number of carbonyl (C=O) groups is 2. The van der Waals surface area contributed by atoms with Crippen LogP contribution in [0.2, 0.25) is 0 Å². The van der Waals surface area contributed by atoms with Gasteiger partial charge in [0.2, 0.25) is 0 Å². The summed E-state index contributed by atoms with van der Waals surface area (Å²) in [7, 11) is 0. The molecule has 1 aromatic carbocycles.